The molecule has 2 aliphatic carbocycles. The van der Waals surface area contributed by atoms with Crippen LogP contribution in [0.4, 0.5) is 4.39 Å². The minimum atomic E-state index is -0.563. The molecule has 1 N–H and O–H groups in total. The molecule has 0 radical (unpaired) electrons. The first-order valence-corrected chi connectivity index (χ1v) is 10.7. The zero-order valence-corrected chi connectivity index (χ0v) is 16.6. The molecule has 1 saturated heterocycles. The van der Waals surface area contributed by atoms with Crippen molar-refractivity contribution < 1.29 is 19.0 Å². The van der Waals surface area contributed by atoms with Crippen LogP contribution in [0.3, 0.4) is 0 Å². The predicted molar refractivity (Wildman–Crippen MR) is 101 cm³/mol. The SMILES string of the molecule is COC1CCCC(C(O)C2CCN(CC3CCC(F)CC3)CC2)C1OC. The largest absolute Gasteiger partial charge is 0.392 e. The molecule has 4 atom stereocenters. The van der Waals surface area contributed by atoms with Gasteiger partial charge in [-0.25, -0.2) is 4.39 Å². The van der Waals surface area contributed by atoms with Crippen molar-refractivity contribution in [3.8, 4) is 0 Å². The third kappa shape index (κ3) is 4.98. The van der Waals surface area contributed by atoms with Gasteiger partial charge < -0.3 is 19.5 Å². The Morgan fingerprint density at radius 2 is 1.65 bits per heavy atom. The number of piperidine rings is 1. The van der Waals surface area contributed by atoms with E-state index < -0.39 is 6.17 Å². The highest BCUT2D eigenvalue weighted by molar-refractivity contribution is 4.92. The Kier molecular flexibility index (Phi) is 7.74. The lowest BCUT2D eigenvalue weighted by molar-refractivity contribution is -0.128. The van der Waals surface area contributed by atoms with Gasteiger partial charge in [-0.15, -0.1) is 0 Å². The summed E-state index contributed by atoms with van der Waals surface area (Å²) in [6.45, 7) is 3.25. The molecule has 1 heterocycles. The van der Waals surface area contributed by atoms with Gasteiger partial charge in [0.1, 0.15) is 6.17 Å². The summed E-state index contributed by atoms with van der Waals surface area (Å²) in [5, 5.41) is 11.1. The van der Waals surface area contributed by atoms with Crippen LogP contribution in [0.1, 0.15) is 57.8 Å². The number of ether oxygens (including phenoxy) is 2. The van der Waals surface area contributed by atoms with E-state index >= 15 is 0 Å². The molecule has 2 saturated carbocycles. The van der Waals surface area contributed by atoms with Crippen molar-refractivity contribution in [3.05, 3.63) is 0 Å². The van der Waals surface area contributed by atoms with Gasteiger partial charge in [-0.1, -0.05) is 6.42 Å². The fourth-order valence-corrected chi connectivity index (χ4v) is 5.60. The summed E-state index contributed by atoms with van der Waals surface area (Å²) < 4.78 is 24.6. The number of methoxy groups -OCH3 is 2. The highest BCUT2D eigenvalue weighted by Crippen LogP contribution is 2.36. The second-order valence-corrected chi connectivity index (χ2v) is 8.82. The lowest BCUT2D eigenvalue weighted by Crippen LogP contribution is -2.49. The Morgan fingerprint density at radius 1 is 0.962 bits per heavy atom. The summed E-state index contributed by atoms with van der Waals surface area (Å²) in [4.78, 5) is 2.54. The number of aliphatic hydroxyl groups excluding tert-OH is 1. The lowest BCUT2D eigenvalue weighted by atomic mass is 9.74. The monoisotopic (exact) mass is 371 g/mol. The molecule has 4 nitrogen and oxygen atoms in total. The number of halogens is 1. The maximum absolute atomic E-state index is 13.3. The van der Waals surface area contributed by atoms with Crippen molar-refractivity contribution in [3.63, 3.8) is 0 Å². The van der Waals surface area contributed by atoms with Gasteiger partial charge in [-0.2, -0.15) is 0 Å². The second kappa shape index (κ2) is 9.81. The fraction of sp³-hybridized carbons (Fsp3) is 1.00. The number of hydrogen-bond acceptors (Lipinski definition) is 4. The van der Waals surface area contributed by atoms with Crippen LogP contribution in [0.15, 0.2) is 0 Å². The molecule has 26 heavy (non-hydrogen) atoms. The molecule has 3 fully saturated rings. The topological polar surface area (TPSA) is 41.9 Å². The van der Waals surface area contributed by atoms with Crippen LogP contribution in [0, 0.1) is 17.8 Å². The number of hydrogen-bond donors (Lipinski definition) is 1. The van der Waals surface area contributed by atoms with Crippen molar-refractivity contribution in [2.24, 2.45) is 17.8 Å². The first kappa shape index (κ1) is 20.5. The number of alkyl halides is 1. The first-order chi connectivity index (χ1) is 12.6. The van der Waals surface area contributed by atoms with E-state index in [-0.39, 0.29) is 24.2 Å². The highest BCUT2D eigenvalue weighted by Gasteiger charge is 2.41. The van der Waals surface area contributed by atoms with Crippen molar-refractivity contribution >= 4 is 0 Å². The molecule has 5 heteroatoms. The van der Waals surface area contributed by atoms with Gasteiger partial charge >= 0.3 is 0 Å². The van der Waals surface area contributed by atoms with Gasteiger partial charge in [0.25, 0.3) is 0 Å². The Balaban J connectivity index is 1.46. The fourth-order valence-electron chi connectivity index (χ4n) is 5.60. The van der Waals surface area contributed by atoms with Gasteiger partial charge in [-0.05, 0) is 76.3 Å². The normalized spacial score (nSPS) is 39.0. The van der Waals surface area contributed by atoms with Crippen LogP contribution in [0.2, 0.25) is 0 Å². The minimum absolute atomic E-state index is 0.0117. The summed E-state index contributed by atoms with van der Waals surface area (Å²) in [5.74, 6) is 1.23. The molecule has 0 aromatic heterocycles. The first-order valence-electron chi connectivity index (χ1n) is 10.7. The van der Waals surface area contributed by atoms with Gasteiger partial charge in [0.05, 0.1) is 18.3 Å². The summed E-state index contributed by atoms with van der Waals surface area (Å²) in [7, 11) is 3.50. The van der Waals surface area contributed by atoms with E-state index in [0.717, 1.165) is 77.4 Å². The van der Waals surface area contributed by atoms with Crippen molar-refractivity contribution in [1.29, 1.82) is 0 Å². The summed E-state index contributed by atoms with van der Waals surface area (Å²) in [6, 6.07) is 0. The van der Waals surface area contributed by atoms with Crippen molar-refractivity contribution in [1.82, 2.24) is 4.90 Å². The number of rotatable bonds is 6. The average molecular weight is 372 g/mol. The molecule has 1 aliphatic heterocycles. The molecule has 152 valence electrons. The summed E-state index contributed by atoms with van der Waals surface area (Å²) in [5.41, 5.74) is 0. The van der Waals surface area contributed by atoms with Crippen LogP contribution in [0.5, 0.6) is 0 Å². The molecular weight excluding hydrogens is 333 g/mol. The van der Waals surface area contributed by atoms with Gasteiger partial charge in [0.15, 0.2) is 0 Å². The maximum atomic E-state index is 13.3. The molecule has 0 amide bonds. The third-order valence-corrected chi connectivity index (χ3v) is 7.24. The van der Waals surface area contributed by atoms with Gasteiger partial charge in [-0.3, -0.25) is 0 Å². The van der Waals surface area contributed by atoms with E-state index in [1.54, 1.807) is 14.2 Å². The Hall–Kier alpha value is -0.230. The molecular formula is C21H38FNO3. The predicted octanol–water partition coefficient (Wildman–Crippen LogP) is 3.42. The zero-order chi connectivity index (χ0) is 18.5. The standard InChI is InChI=1S/C21H38FNO3/c1-25-19-5-3-4-18(21(19)26-2)20(24)16-10-12-23(13-11-16)14-15-6-8-17(22)9-7-15/h15-21,24H,3-14H2,1-2H3. The van der Waals surface area contributed by atoms with E-state index in [4.69, 9.17) is 9.47 Å². The summed E-state index contributed by atoms with van der Waals surface area (Å²) >= 11 is 0. The average Bonchev–Trinajstić information content (AvgIpc) is 2.69. The number of nitrogens with zero attached hydrogens (tertiary/aromatic N) is 1. The number of aliphatic hydroxyl groups is 1. The third-order valence-electron chi connectivity index (χ3n) is 7.24. The number of likely N-dealkylation sites (tertiary alicyclic amines) is 1. The van der Waals surface area contributed by atoms with E-state index in [0.29, 0.717) is 11.8 Å². The van der Waals surface area contributed by atoms with Crippen LogP contribution >= 0.6 is 0 Å². The van der Waals surface area contributed by atoms with E-state index in [9.17, 15) is 9.50 Å². The van der Waals surface area contributed by atoms with Crippen molar-refractivity contribution in [2.75, 3.05) is 33.9 Å². The van der Waals surface area contributed by atoms with E-state index in [1.807, 2.05) is 0 Å². The molecule has 3 rings (SSSR count). The van der Waals surface area contributed by atoms with E-state index in [1.165, 1.54) is 0 Å². The summed E-state index contributed by atoms with van der Waals surface area (Å²) in [6.07, 6.45) is 8.14. The maximum Gasteiger partial charge on any atom is 0.100 e. The molecule has 3 aliphatic rings. The molecule has 0 bridgehead atoms. The lowest BCUT2D eigenvalue weighted by Gasteiger charge is -2.43. The van der Waals surface area contributed by atoms with E-state index in [2.05, 4.69) is 4.90 Å². The molecule has 4 unspecified atom stereocenters. The minimum Gasteiger partial charge on any atom is -0.392 e. The molecule has 0 aromatic rings. The second-order valence-electron chi connectivity index (χ2n) is 8.82. The zero-order valence-electron chi connectivity index (χ0n) is 16.6. The van der Waals surface area contributed by atoms with Crippen molar-refractivity contribution in [2.45, 2.75) is 82.3 Å². The Bertz CT molecular complexity index is 408. The van der Waals surface area contributed by atoms with Crippen LogP contribution in [-0.2, 0) is 9.47 Å². The van der Waals surface area contributed by atoms with Gasteiger partial charge in [0, 0.05) is 26.7 Å². The van der Waals surface area contributed by atoms with Gasteiger partial charge in [0.2, 0.25) is 0 Å². The van der Waals surface area contributed by atoms with Crippen LogP contribution < -0.4 is 0 Å². The van der Waals surface area contributed by atoms with Crippen LogP contribution in [0.25, 0.3) is 0 Å². The molecule has 0 spiro atoms. The molecule has 0 aromatic carbocycles. The Morgan fingerprint density at radius 3 is 2.27 bits per heavy atom. The quantitative estimate of drug-likeness (QED) is 0.777. The smallest absolute Gasteiger partial charge is 0.100 e. The Labute approximate surface area is 158 Å². The van der Waals surface area contributed by atoms with Crippen LogP contribution in [-0.4, -0.2) is 68.3 Å². The highest BCUT2D eigenvalue weighted by atomic mass is 19.1.